The van der Waals surface area contributed by atoms with Crippen molar-refractivity contribution in [2.75, 3.05) is 18.5 Å². The monoisotopic (exact) mass is 526 g/mol. The Hall–Kier alpha value is -3.11. The Bertz CT molecular complexity index is 1240. The standard InChI is InChI=1S/C30H39O6P/c1-4-7-18-37(19-8-5-2,20-9-6-3,36-30(35)25-17-13-12-16-24(25)29(33)34)27-21-26(31)22-14-10-11-15-23(22)28(27)32/h10-17,21,31-32H,4-9,18-20H2,1-3H3,(H,33,34). The van der Waals surface area contributed by atoms with Gasteiger partial charge in [0.15, 0.2) is 0 Å². The summed E-state index contributed by atoms with van der Waals surface area (Å²) < 4.78 is 6.74. The molecular weight excluding hydrogens is 487 g/mol. The molecule has 3 aromatic rings. The van der Waals surface area contributed by atoms with Gasteiger partial charge in [-0.1, -0.05) is 0 Å². The van der Waals surface area contributed by atoms with Gasteiger partial charge in [-0.25, -0.2) is 0 Å². The van der Waals surface area contributed by atoms with E-state index in [9.17, 15) is 24.9 Å². The van der Waals surface area contributed by atoms with Crippen molar-refractivity contribution in [3.8, 4) is 11.5 Å². The van der Waals surface area contributed by atoms with Crippen molar-refractivity contribution >= 4 is 34.8 Å². The van der Waals surface area contributed by atoms with Crippen molar-refractivity contribution < 1.29 is 29.4 Å². The van der Waals surface area contributed by atoms with Crippen LogP contribution in [-0.4, -0.2) is 45.7 Å². The molecule has 0 saturated heterocycles. The summed E-state index contributed by atoms with van der Waals surface area (Å²) in [5.41, 5.74) is -0.117. The van der Waals surface area contributed by atoms with Crippen LogP contribution in [0.2, 0.25) is 0 Å². The Morgan fingerprint density at radius 1 is 0.757 bits per heavy atom. The van der Waals surface area contributed by atoms with E-state index < -0.39 is 18.8 Å². The van der Waals surface area contributed by atoms with Crippen molar-refractivity contribution in [2.45, 2.75) is 59.3 Å². The predicted octanol–water partition coefficient (Wildman–Crippen LogP) is 7.30. The van der Waals surface area contributed by atoms with Gasteiger partial charge in [0, 0.05) is 0 Å². The summed E-state index contributed by atoms with van der Waals surface area (Å²) in [6, 6.07) is 14.8. The van der Waals surface area contributed by atoms with Crippen molar-refractivity contribution in [1.82, 2.24) is 0 Å². The summed E-state index contributed by atoms with van der Waals surface area (Å²) in [5, 5.41) is 34.1. The van der Waals surface area contributed by atoms with Crippen LogP contribution < -0.4 is 5.30 Å². The molecule has 0 spiro atoms. The van der Waals surface area contributed by atoms with Crippen LogP contribution in [0.15, 0.2) is 54.6 Å². The Morgan fingerprint density at radius 2 is 1.24 bits per heavy atom. The molecule has 200 valence electrons. The number of hydrogen-bond acceptors (Lipinski definition) is 5. The van der Waals surface area contributed by atoms with Gasteiger partial charge in [-0.05, 0) is 0 Å². The summed E-state index contributed by atoms with van der Waals surface area (Å²) >= 11 is 0. The van der Waals surface area contributed by atoms with Crippen LogP contribution in [0.1, 0.15) is 80.0 Å². The second kappa shape index (κ2) is 12.0. The molecule has 0 heterocycles. The molecule has 0 aliphatic rings. The second-order valence-corrected chi connectivity index (χ2v) is 15.1. The molecule has 0 aliphatic carbocycles. The van der Waals surface area contributed by atoms with E-state index in [2.05, 4.69) is 20.8 Å². The van der Waals surface area contributed by atoms with E-state index in [1.54, 1.807) is 42.5 Å². The van der Waals surface area contributed by atoms with Gasteiger partial charge in [0.1, 0.15) is 0 Å². The van der Waals surface area contributed by atoms with Gasteiger partial charge in [-0.3, -0.25) is 0 Å². The maximum atomic E-state index is 13.9. The van der Waals surface area contributed by atoms with Crippen molar-refractivity contribution in [2.24, 2.45) is 0 Å². The third kappa shape index (κ3) is 5.60. The SMILES string of the molecule is CCCCP(CCCC)(CCCC)(OC(=O)c1ccccc1C(=O)O)c1cc(O)c2ccccc2c1O. The average Bonchev–Trinajstić information content (AvgIpc) is 2.91. The molecule has 0 bridgehead atoms. The predicted molar refractivity (Wildman–Crippen MR) is 152 cm³/mol. The number of phenols is 2. The fourth-order valence-corrected chi connectivity index (χ4v) is 11.9. The Kier molecular flexibility index (Phi) is 9.20. The molecule has 37 heavy (non-hydrogen) atoms. The number of aromatic hydroxyl groups is 2. The van der Waals surface area contributed by atoms with E-state index in [4.69, 9.17) is 4.52 Å². The summed E-state index contributed by atoms with van der Waals surface area (Å²) in [6.07, 6.45) is 6.58. The molecule has 0 aromatic heterocycles. The molecule has 0 amide bonds. The topological polar surface area (TPSA) is 104 Å². The number of rotatable bonds is 13. The van der Waals surface area contributed by atoms with Crippen LogP contribution in [-0.2, 0) is 4.52 Å². The third-order valence-corrected chi connectivity index (χ3v) is 13.6. The van der Waals surface area contributed by atoms with Crippen molar-refractivity contribution in [3.63, 3.8) is 0 Å². The van der Waals surface area contributed by atoms with E-state index in [-0.39, 0.29) is 22.6 Å². The zero-order valence-corrected chi connectivity index (χ0v) is 23.0. The molecule has 6 nitrogen and oxygen atoms in total. The zero-order valence-electron chi connectivity index (χ0n) is 22.1. The molecule has 3 aromatic carbocycles. The van der Waals surface area contributed by atoms with Crippen LogP contribution in [0.3, 0.4) is 0 Å². The molecular formula is C30H39O6P. The first-order chi connectivity index (χ1) is 17.7. The van der Waals surface area contributed by atoms with Crippen molar-refractivity contribution in [1.29, 1.82) is 0 Å². The Labute approximate surface area is 219 Å². The van der Waals surface area contributed by atoms with Gasteiger partial charge in [0.2, 0.25) is 0 Å². The number of phenolic OH excluding ortho intramolecular Hbond substituents is 2. The number of unbranched alkanes of at least 4 members (excludes halogenated alkanes) is 3. The summed E-state index contributed by atoms with van der Waals surface area (Å²) in [6.45, 7) is 2.47. The molecule has 0 aliphatic heterocycles. The zero-order chi connectivity index (χ0) is 27.1. The number of carbonyl (C=O) groups is 2. The third-order valence-electron chi connectivity index (χ3n) is 7.38. The minimum absolute atomic E-state index is 0.00186. The molecule has 0 saturated carbocycles. The van der Waals surface area contributed by atoms with Crippen LogP contribution in [0.25, 0.3) is 10.8 Å². The van der Waals surface area contributed by atoms with Crippen LogP contribution in [0.5, 0.6) is 11.5 Å². The van der Waals surface area contributed by atoms with E-state index >= 15 is 0 Å². The van der Waals surface area contributed by atoms with Gasteiger partial charge in [-0.2, -0.15) is 0 Å². The van der Waals surface area contributed by atoms with E-state index in [1.165, 1.54) is 12.1 Å². The number of benzene rings is 3. The molecule has 3 N–H and O–H groups in total. The normalized spacial score (nSPS) is 12.7. The number of hydrogen-bond donors (Lipinski definition) is 3. The number of aromatic carboxylic acids is 1. The number of carboxylic acid groups (broad SMARTS) is 1. The van der Waals surface area contributed by atoms with E-state index in [0.717, 1.165) is 38.5 Å². The summed E-state index contributed by atoms with van der Waals surface area (Å²) in [4.78, 5) is 25.8. The van der Waals surface area contributed by atoms with E-state index in [0.29, 0.717) is 34.6 Å². The first-order valence-electron chi connectivity index (χ1n) is 13.2. The molecule has 7 heteroatoms. The quantitative estimate of drug-likeness (QED) is 0.159. The number of carboxylic acids is 1. The van der Waals surface area contributed by atoms with Gasteiger partial charge in [0.05, 0.1) is 0 Å². The van der Waals surface area contributed by atoms with Gasteiger partial charge < -0.3 is 0 Å². The second-order valence-electron chi connectivity index (χ2n) is 9.89. The summed E-state index contributed by atoms with van der Waals surface area (Å²) in [5.74, 6) is -1.82. The van der Waals surface area contributed by atoms with Gasteiger partial charge >= 0.3 is 219 Å². The van der Waals surface area contributed by atoms with Crippen LogP contribution in [0, 0.1) is 0 Å². The fraction of sp³-hybridized carbons (Fsp3) is 0.400. The summed E-state index contributed by atoms with van der Waals surface area (Å²) in [7, 11) is 0. The fourth-order valence-electron chi connectivity index (χ4n) is 5.33. The van der Waals surface area contributed by atoms with Crippen LogP contribution >= 0.6 is 6.83 Å². The molecule has 0 unspecified atom stereocenters. The van der Waals surface area contributed by atoms with Crippen molar-refractivity contribution in [3.05, 3.63) is 65.7 Å². The molecule has 0 radical (unpaired) electrons. The maximum absolute atomic E-state index is 13.9. The molecule has 3 rings (SSSR count). The first kappa shape index (κ1) is 28.5. The molecule has 0 fully saturated rings. The molecule has 0 atom stereocenters. The number of fused-ring (bicyclic) bond motifs is 1. The van der Waals surface area contributed by atoms with E-state index in [1.807, 2.05) is 0 Å². The first-order valence-corrected chi connectivity index (χ1v) is 16.0. The van der Waals surface area contributed by atoms with Gasteiger partial charge in [-0.15, -0.1) is 0 Å². The van der Waals surface area contributed by atoms with Crippen LogP contribution in [0.4, 0.5) is 0 Å². The average molecular weight is 527 g/mol. The minimum atomic E-state index is -3.75. The number of carbonyl (C=O) groups excluding carboxylic acids is 1. The van der Waals surface area contributed by atoms with Gasteiger partial charge in [0.25, 0.3) is 0 Å². The Morgan fingerprint density at radius 3 is 1.76 bits per heavy atom. The Balaban J connectivity index is 2.38.